The van der Waals surface area contributed by atoms with Crippen LogP contribution in [0.25, 0.3) is 0 Å². The van der Waals surface area contributed by atoms with Crippen molar-refractivity contribution in [1.82, 2.24) is 10.2 Å². The Bertz CT molecular complexity index is 293. The lowest BCUT2D eigenvalue weighted by Crippen LogP contribution is -2.30. The van der Waals surface area contributed by atoms with Crippen LogP contribution in [0, 0.1) is 0 Å². The van der Waals surface area contributed by atoms with Crippen molar-refractivity contribution < 1.29 is 4.39 Å². The van der Waals surface area contributed by atoms with Gasteiger partial charge in [-0.05, 0) is 27.4 Å². The molecule has 0 amide bonds. The second-order valence-electron chi connectivity index (χ2n) is 4.58. The maximum atomic E-state index is 11.9. The van der Waals surface area contributed by atoms with E-state index in [4.69, 9.17) is 0 Å². The van der Waals surface area contributed by atoms with Crippen molar-refractivity contribution >= 4 is 0 Å². The highest BCUT2D eigenvalue weighted by Crippen LogP contribution is 2.03. The monoisotopic (exact) mass is 254 g/mol. The highest BCUT2D eigenvalue weighted by molar-refractivity contribution is 5.25. The van der Waals surface area contributed by atoms with Crippen LogP contribution in [-0.4, -0.2) is 44.8 Å². The van der Waals surface area contributed by atoms with Crippen molar-refractivity contribution in [3.8, 4) is 0 Å². The molecule has 0 unspecified atom stereocenters. The van der Waals surface area contributed by atoms with Gasteiger partial charge >= 0.3 is 0 Å². The fraction of sp³-hybridized carbons (Fsp3) is 0.600. The molecule has 0 aliphatic carbocycles. The number of alkyl halides is 1. The summed E-state index contributed by atoms with van der Waals surface area (Å²) < 4.78 is 11.9. The van der Waals surface area contributed by atoms with Gasteiger partial charge in [0, 0.05) is 19.6 Å². The van der Waals surface area contributed by atoms with Crippen molar-refractivity contribution in [2.24, 2.45) is 0 Å². The lowest BCUT2D eigenvalue weighted by molar-refractivity contribution is 0.359. The molecule has 18 heavy (non-hydrogen) atoms. The molecule has 0 bridgehead atoms. The van der Waals surface area contributed by atoms with E-state index in [-0.39, 0.29) is 0 Å². The number of allylic oxidation sites excluding steroid dienone is 5. The average molecular weight is 254 g/mol. The maximum absolute atomic E-state index is 11.9. The number of likely N-dealkylation sites (N-methyl/N-ethyl adjacent to an activating group) is 2. The molecule has 0 atom stereocenters. The molecule has 104 valence electrons. The number of hydrogen-bond acceptors (Lipinski definition) is 2. The highest BCUT2D eigenvalue weighted by Gasteiger charge is 1.98. The normalized spacial score (nSPS) is 13.9. The number of rotatable bonds is 9. The summed E-state index contributed by atoms with van der Waals surface area (Å²) in [6.07, 6.45) is 7.34. The molecule has 0 spiro atoms. The first-order valence-electron chi connectivity index (χ1n) is 6.56. The third-order valence-corrected chi connectivity index (χ3v) is 2.50. The van der Waals surface area contributed by atoms with Gasteiger partial charge in [-0.1, -0.05) is 42.4 Å². The standard InChI is InChI=1S/C15H27FN2/c1-5-17-10-11-18(4)13-15(3)12-14(2)8-6-7-9-16/h6-8,12,17H,5,9-11,13H2,1-4H3/b7-6-,14-8+,15-12+. The van der Waals surface area contributed by atoms with Crippen molar-refractivity contribution in [1.29, 1.82) is 0 Å². The molecule has 0 aromatic heterocycles. The zero-order chi connectivity index (χ0) is 13.8. The van der Waals surface area contributed by atoms with Gasteiger partial charge in [0.05, 0.1) is 0 Å². The van der Waals surface area contributed by atoms with E-state index in [2.05, 4.69) is 37.2 Å². The molecular formula is C15H27FN2. The molecule has 0 aromatic rings. The van der Waals surface area contributed by atoms with Gasteiger partial charge in [-0.3, -0.25) is 0 Å². The fourth-order valence-electron chi connectivity index (χ4n) is 1.71. The van der Waals surface area contributed by atoms with Crippen LogP contribution < -0.4 is 5.32 Å². The summed E-state index contributed by atoms with van der Waals surface area (Å²) in [6.45, 7) is 9.92. The summed E-state index contributed by atoms with van der Waals surface area (Å²) in [4.78, 5) is 2.29. The Kier molecular flexibility index (Phi) is 10.6. The molecule has 0 saturated carbocycles. The summed E-state index contributed by atoms with van der Waals surface area (Å²) in [7, 11) is 2.12. The smallest absolute Gasteiger partial charge is 0.108 e. The Morgan fingerprint density at radius 2 is 2.06 bits per heavy atom. The molecule has 0 heterocycles. The van der Waals surface area contributed by atoms with Crippen molar-refractivity contribution in [3.63, 3.8) is 0 Å². The van der Waals surface area contributed by atoms with Gasteiger partial charge in [0.25, 0.3) is 0 Å². The molecule has 1 N–H and O–H groups in total. The van der Waals surface area contributed by atoms with E-state index in [0.29, 0.717) is 0 Å². The van der Waals surface area contributed by atoms with Crippen molar-refractivity contribution in [2.45, 2.75) is 20.8 Å². The molecule has 0 saturated heterocycles. The maximum Gasteiger partial charge on any atom is 0.108 e. The Balaban J connectivity index is 4.09. The summed E-state index contributed by atoms with van der Waals surface area (Å²) in [6, 6.07) is 0. The number of nitrogens with one attached hydrogen (secondary N) is 1. The van der Waals surface area contributed by atoms with Crippen LogP contribution in [0.3, 0.4) is 0 Å². The molecule has 0 aliphatic rings. The summed E-state index contributed by atoms with van der Waals surface area (Å²) in [5, 5.41) is 3.31. The van der Waals surface area contributed by atoms with E-state index in [1.165, 1.54) is 11.6 Å². The second kappa shape index (κ2) is 11.2. The SMILES string of the molecule is CCNCCN(C)C/C(C)=C/C(C)=C/C=C\CF. The third kappa shape index (κ3) is 10.2. The minimum absolute atomic E-state index is 0.403. The third-order valence-electron chi connectivity index (χ3n) is 2.50. The zero-order valence-corrected chi connectivity index (χ0v) is 12.2. The van der Waals surface area contributed by atoms with E-state index in [9.17, 15) is 4.39 Å². The second-order valence-corrected chi connectivity index (χ2v) is 4.58. The lowest BCUT2D eigenvalue weighted by atomic mass is 10.1. The molecule has 0 aliphatic heterocycles. The molecule has 0 fully saturated rings. The number of nitrogens with zero attached hydrogens (tertiary/aromatic N) is 1. The van der Waals surface area contributed by atoms with Crippen LogP contribution in [0.5, 0.6) is 0 Å². The first-order valence-corrected chi connectivity index (χ1v) is 6.56. The van der Waals surface area contributed by atoms with Crippen molar-refractivity contribution in [2.75, 3.05) is 39.9 Å². The summed E-state index contributed by atoms with van der Waals surface area (Å²) >= 11 is 0. The van der Waals surface area contributed by atoms with Crippen LogP contribution in [0.2, 0.25) is 0 Å². The van der Waals surface area contributed by atoms with Gasteiger partial charge < -0.3 is 10.2 Å². The van der Waals surface area contributed by atoms with Gasteiger partial charge in [-0.15, -0.1) is 0 Å². The zero-order valence-electron chi connectivity index (χ0n) is 12.2. The average Bonchev–Trinajstić information content (AvgIpc) is 2.29. The predicted molar refractivity (Wildman–Crippen MR) is 78.7 cm³/mol. The number of halogens is 1. The molecular weight excluding hydrogens is 227 g/mol. The van der Waals surface area contributed by atoms with E-state index in [0.717, 1.165) is 31.8 Å². The topological polar surface area (TPSA) is 15.3 Å². The van der Waals surface area contributed by atoms with Crippen molar-refractivity contribution in [3.05, 3.63) is 35.5 Å². The highest BCUT2D eigenvalue weighted by atomic mass is 19.1. The Morgan fingerprint density at radius 3 is 2.67 bits per heavy atom. The van der Waals surface area contributed by atoms with Gasteiger partial charge in [-0.25, -0.2) is 4.39 Å². The Morgan fingerprint density at radius 1 is 1.33 bits per heavy atom. The Hall–Kier alpha value is -0.930. The van der Waals surface area contributed by atoms with Crippen LogP contribution in [0.1, 0.15) is 20.8 Å². The van der Waals surface area contributed by atoms with Crippen LogP contribution in [-0.2, 0) is 0 Å². The minimum atomic E-state index is -0.403. The van der Waals surface area contributed by atoms with E-state index < -0.39 is 6.67 Å². The molecule has 3 heteroatoms. The van der Waals surface area contributed by atoms with E-state index in [1.807, 2.05) is 13.0 Å². The van der Waals surface area contributed by atoms with E-state index >= 15 is 0 Å². The summed E-state index contributed by atoms with van der Waals surface area (Å²) in [5.74, 6) is 0. The molecule has 0 rings (SSSR count). The lowest BCUT2D eigenvalue weighted by Gasteiger charge is -2.17. The van der Waals surface area contributed by atoms with Gasteiger partial charge in [-0.2, -0.15) is 0 Å². The fourth-order valence-corrected chi connectivity index (χ4v) is 1.71. The van der Waals surface area contributed by atoms with Crippen LogP contribution >= 0.6 is 0 Å². The summed E-state index contributed by atoms with van der Waals surface area (Å²) in [5.41, 5.74) is 2.47. The molecule has 2 nitrogen and oxygen atoms in total. The molecule has 0 aromatic carbocycles. The largest absolute Gasteiger partial charge is 0.316 e. The molecule has 0 radical (unpaired) electrons. The number of hydrogen-bond donors (Lipinski definition) is 1. The minimum Gasteiger partial charge on any atom is -0.316 e. The van der Waals surface area contributed by atoms with E-state index in [1.54, 1.807) is 6.08 Å². The van der Waals surface area contributed by atoms with Gasteiger partial charge in [0.2, 0.25) is 0 Å². The Labute approximate surface area is 111 Å². The quantitative estimate of drug-likeness (QED) is 0.503. The first-order chi connectivity index (χ1) is 8.60. The first kappa shape index (κ1) is 17.1. The van der Waals surface area contributed by atoms with Crippen LogP contribution in [0.15, 0.2) is 35.5 Å². The van der Waals surface area contributed by atoms with Crippen LogP contribution in [0.4, 0.5) is 4.39 Å². The van der Waals surface area contributed by atoms with Gasteiger partial charge in [0.15, 0.2) is 0 Å². The van der Waals surface area contributed by atoms with Gasteiger partial charge in [0.1, 0.15) is 6.67 Å². The predicted octanol–water partition coefficient (Wildman–Crippen LogP) is 2.95.